The zero-order chi connectivity index (χ0) is 10.1. The van der Waals surface area contributed by atoms with Crippen molar-refractivity contribution in [1.82, 2.24) is 4.98 Å². The molecule has 0 saturated heterocycles. The summed E-state index contributed by atoms with van der Waals surface area (Å²) in [5.41, 5.74) is 1.02. The van der Waals surface area contributed by atoms with E-state index in [0.29, 0.717) is 11.3 Å². The van der Waals surface area contributed by atoms with Crippen LogP contribution in [0.15, 0.2) is 36.2 Å². The molecule has 0 saturated carbocycles. The molecule has 2 rings (SSSR count). The maximum atomic E-state index is 11.5. The largest absolute Gasteiger partial charge is 0.269 e. The van der Waals surface area contributed by atoms with Crippen molar-refractivity contribution >= 4 is 17.5 Å². The van der Waals surface area contributed by atoms with Crippen LogP contribution in [0.3, 0.4) is 0 Å². The number of carbonyl (C=O) groups is 2. The van der Waals surface area contributed by atoms with E-state index in [4.69, 9.17) is 0 Å². The van der Waals surface area contributed by atoms with Crippen LogP contribution < -0.4 is 4.90 Å². The van der Waals surface area contributed by atoms with Crippen molar-refractivity contribution in [2.45, 2.75) is 6.92 Å². The molecule has 0 aliphatic carbocycles. The molecule has 0 bridgehead atoms. The van der Waals surface area contributed by atoms with E-state index >= 15 is 0 Å². The van der Waals surface area contributed by atoms with Crippen LogP contribution in [0.25, 0.3) is 0 Å². The fraction of sp³-hybridized carbons (Fsp3) is 0.100. The quantitative estimate of drug-likeness (QED) is 0.615. The average Bonchev–Trinajstić information content (AvgIpc) is 2.43. The average molecular weight is 188 g/mol. The van der Waals surface area contributed by atoms with Gasteiger partial charge in [-0.25, -0.2) is 4.90 Å². The van der Waals surface area contributed by atoms with E-state index in [2.05, 4.69) is 4.98 Å². The molecular weight excluding hydrogens is 180 g/mol. The molecule has 4 heteroatoms. The van der Waals surface area contributed by atoms with Gasteiger partial charge in [0.25, 0.3) is 11.8 Å². The minimum Gasteiger partial charge on any atom is -0.269 e. The molecule has 14 heavy (non-hydrogen) atoms. The maximum absolute atomic E-state index is 11.5. The van der Waals surface area contributed by atoms with Crippen molar-refractivity contribution < 1.29 is 9.59 Å². The molecule has 1 aromatic rings. The second kappa shape index (κ2) is 3.06. The molecule has 1 aromatic heterocycles. The molecule has 0 atom stereocenters. The minimum absolute atomic E-state index is 0.263. The Bertz CT molecular complexity index is 423. The van der Waals surface area contributed by atoms with Gasteiger partial charge in [0.15, 0.2) is 0 Å². The monoisotopic (exact) mass is 188 g/mol. The third kappa shape index (κ3) is 1.21. The SMILES string of the molecule is CC1=CC(=O)N(c2ccncc2)C1=O. The zero-order valence-corrected chi connectivity index (χ0v) is 7.60. The van der Waals surface area contributed by atoms with E-state index in [-0.39, 0.29) is 11.8 Å². The van der Waals surface area contributed by atoms with Crippen LogP contribution in [0.4, 0.5) is 5.69 Å². The Hall–Kier alpha value is -1.97. The summed E-state index contributed by atoms with van der Waals surface area (Å²) in [5, 5.41) is 0. The Morgan fingerprint density at radius 2 is 1.86 bits per heavy atom. The number of anilines is 1. The van der Waals surface area contributed by atoms with Gasteiger partial charge in [-0.05, 0) is 19.1 Å². The summed E-state index contributed by atoms with van der Waals surface area (Å²) in [5.74, 6) is -0.556. The van der Waals surface area contributed by atoms with Crippen LogP contribution in [0, 0.1) is 0 Å². The first kappa shape index (κ1) is 8.62. The molecular formula is C10H8N2O2. The van der Waals surface area contributed by atoms with Crippen molar-refractivity contribution in [3.05, 3.63) is 36.2 Å². The normalized spacial score (nSPS) is 16.1. The van der Waals surface area contributed by atoms with Crippen molar-refractivity contribution in [1.29, 1.82) is 0 Å². The standard InChI is InChI=1S/C10H8N2O2/c1-7-6-9(13)12(10(7)14)8-2-4-11-5-3-8/h2-6H,1H3. The van der Waals surface area contributed by atoms with E-state index in [1.807, 2.05) is 0 Å². The molecule has 0 fully saturated rings. The maximum Gasteiger partial charge on any atom is 0.261 e. The number of amides is 2. The van der Waals surface area contributed by atoms with Gasteiger partial charge in [-0.3, -0.25) is 14.6 Å². The number of carbonyl (C=O) groups excluding carboxylic acids is 2. The van der Waals surface area contributed by atoms with Crippen LogP contribution in [0.2, 0.25) is 0 Å². The minimum atomic E-state index is -0.293. The number of aromatic nitrogens is 1. The lowest BCUT2D eigenvalue weighted by Gasteiger charge is -2.13. The van der Waals surface area contributed by atoms with Crippen LogP contribution in [0.1, 0.15) is 6.92 Å². The van der Waals surface area contributed by atoms with E-state index in [1.54, 1.807) is 31.5 Å². The van der Waals surface area contributed by atoms with Crippen LogP contribution in [0.5, 0.6) is 0 Å². The van der Waals surface area contributed by atoms with Crippen LogP contribution >= 0.6 is 0 Å². The number of hydrogen-bond donors (Lipinski definition) is 0. The number of hydrogen-bond acceptors (Lipinski definition) is 3. The van der Waals surface area contributed by atoms with Gasteiger partial charge >= 0.3 is 0 Å². The number of nitrogens with zero attached hydrogens (tertiary/aromatic N) is 2. The number of pyridine rings is 1. The van der Waals surface area contributed by atoms with Crippen molar-refractivity contribution in [2.24, 2.45) is 0 Å². The van der Waals surface area contributed by atoms with Gasteiger partial charge in [0.1, 0.15) is 0 Å². The summed E-state index contributed by atoms with van der Waals surface area (Å²) in [6.07, 6.45) is 4.43. The lowest BCUT2D eigenvalue weighted by molar-refractivity contribution is -0.120. The number of imide groups is 1. The lowest BCUT2D eigenvalue weighted by Crippen LogP contribution is -2.30. The Balaban J connectivity index is 2.39. The van der Waals surface area contributed by atoms with Gasteiger partial charge in [-0.15, -0.1) is 0 Å². The predicted octanol–water partition coefficient (Wildman–Crippen LogP) is 0.901. The third-order valence-corrected chi connectivity index (χ3v) is 2.02. The molecule has 0 spiro atoms. The molecule has 2 heterocycles. The van der Waals surface area contributed by atoms with Crippen LogP contribution in [-0.2, 0) is 9.59 Å². The van der Waals surface area contributed by atoms with E-state index in [9.17, 15) is 9.59 Å². The molecule has 70 valence electrons. The van der Waals surface area contributed by atoms with E-state index < -0.39 is 0 Å². The Labute approximate surface area is 80.9 Å². The molecule has 4 nitrogen and oxygen atoms in total. The van der Waals surface area contributed by atoms with E-state index in [0.717, 1.165) is 4.90 Å². The highest BCUT2D eigenvalue weighted by Gasteiger charge is 2.29. The lowest BCUT2D eigenvalue weighted by atomic mass is 10.3. The van der Waals surface area contributed by atoms with Gasteiger partial charge in [0.2, 0.25) is 0 Å². The summed E-state index contributed by atoms with van der Waals surface area (Å²) >= 11 is 0. The van der Waals surface area contributed by atoms with Crippen molar-refractivity contribution in [3.8, 4) is 0 Å². The van der Waals surface area contributed by atoms with Gasteiger partial charge in [-0.1, -0.05) is 0 Å². The van der Waals surface area contributed by atoms with Gasteiger partial charge < -0.3 is 0 Å². The first-order valence-electron chi connectivity index (χ1n) is 4.17. The summed E-state index contributed by atoms with van der Waals surface area (Å²) in [6.45, 7) is 1.63. The summed E-state index contributed by atoms with van der Waals surface area (Å²) in [7, 11) is 0. The second-order valence-electron chi connectivity index (χ2n) is 3.01. The Morgan fingerprint density at radius 3 is 2.36 bits per heavy atom. The Kier molecular flexibility index (Phi) is 1.89. The predicted molar refractivity (Wildman–Crippen MR) is 50.5 cm³/mol. The van der Waals surface area contributed by atoms with Gasteiger partial charge in [-0.2, -0.15) is 0 Å². The smallest absolute Gasteiger partial charge is 0.261 e. The van der Waals surface area contributed by atoms with Crippen molar-refractivity contribution in [3.63, 3.8) is 0 Å². The second-order valence-corrected chi connectivity index (χ2v) is 3.01. The summed E-state index contributed by atoms with van der Waals surface area (Å²) < 4.78 is 0. The number of rotatable bonds is 1. The first-order valence-corrected chi connectivity index (χ1v) is 4.17. The molecule has 1 aliphatic heterocycles. The topological polar surface area (TPSA) is 50.3 Å². The summed E-state index contributed by atoms with van der Waals surface area (Å²) in [6, 6.07) is 3.25. The van der Waals surface area contributed by atoms with Gasteiger partial charge in [0.05, 0.1) is 5.69 Å². The molecule has 0 N–H and O–H groups in total. The van der Waals surface area contributed by atoms with E-state index in [1.165, 1.54) is 6.08 Å². The van der Waals surface area contributed by atoms with Crippen LogP contribution in [-0.4, -0.2) is 16.8 Å². The fourth-order valence-corrected chi connectivity index (χ4v) is 1.33. The molecule has 0 radical (unpaired) electrons. The van der Waals surface area contributed by atoms with Crippen molar-refractivity contribution in [2.75, 3.05) is 4.90 Å². The molecule has 0 unspecified atom stereocenters. The molecule has 0 aromatic carbocycles. The molecule has 1 aliphatic rings. The highest BCUT2D eigenvalue weighted by molar-refractivity contribution is 6.30. The highest BCUT2D eigenvalue weighted by Crippen LogP contribution is 2.20. The Morgan fingerprint density at radius 1 is 1.21 bits per heavy atom. The molecule has 2 amide bonds. The fourth-order valence-electron chi connectivity index (χ4n) is 1.33. The zero-order valence-electron chi connectivity index (χ0n) is 7.60. The van der Waals surface area contributed by atoms with Gasteiger partial charge in [0, 0.05) is 24.0 Å². The first-order chi connectivity index (χ1) is 6.70. The third-order valence-electron chi connectivity index (χ3n) is 2.02. The summed E-state index contributed by atoms with van der Waals surface area (Å²) in [4.78, 5) is 27.9. The highest BCUT2D eigenvalue weighted by atomic mass is 16.2.